The largest absolute Gasteiger partial charge is 0.373 e. The molecule has 4 atom stereocenters. The predicted molar refractivity (Wildman–Crippen MR) is 60.0 cm³/mol. The minimum Gasteiger partial charge on any atom is -0.373 e. The van der Waals surface area contributed by atoms with Gasteiger partial charge >= 0.3 is 0 Å². The van der Waals surface area contributed by atoms with E-state index in [1.807, 2.05) is 0 Å². The molecular weight excluding hydrogens is 204 g/mol. The fourth-order valence-electron chi connectivity index (χ4n) is 3.21. The van der Waals surface area contributed by atoms with E-state index >= 15 is 0 Å². The number of ether oxygens (including phenoxy) is 1. The van der Waals surface area contributed by atoms with E-state index in [0.29, 0.717) is 30.6 Å². The smallest absolute Gasteiger partial charge is 0.220 e. The van der Waals surface area contributed by atoms with E-state index in [0.717, 1.165) is 32.4 Å². The summed E-state index contributed by atoms with van der Waals surface area (Å²) in [5.41, 5.74) is 0. The number of fused-ring (bicyclic) bond motifs is 2. The lowest BCUT2D eigenvalue weighted by Gasteiger charge is -2.20. The second kappa shape index (κ2) is 4.34. The number of hydrogen-bond donors (Lipinski definition) is 2. The molecule has 0 saturated carbocycles. The minimum atomic E-state index is 0.217. The molecule has 3 saturated heterocycles. The third kappa shape index (κ3) is 2.09. The van der Waals surface area contributed by atoms with Crippen LogP contribution in [0.1, 0.15) is 32.1 Å². The van der Waals surface area contributed by atoms with Crippen LogP contribution < -0.4 is 10.6 Å². The number of carbonyl (C=O) groups excluding carboxylic acids is 1. The molecule has 0 spiro atoms. The molecule has 4 nitrogen and oxygen atoms in total. The number of amides is 1. The Balaban J connectivity index is 1.45. The van der Waals surface area contributed by atoms with Crippen LogP contribution in [0.25, 0.3) is 0 Å². The molecule has 3 aliphatic heterocycles. The van der Waals surface area contributed by atoms with Gasteiger partial charge < -0.3 is 15.4 Å². The summed E-state index contributed by atoms with van der Waals surface area (Å²) in [6.45, 7) is 2.07. The topological polar surface area (TPSA) is 50.4 Å². The van der Waals surface area contributed by atoms with Crippen molar-refractivity contribution < 1.29 is 9.53 Å². The quantitative estimate of drug-likeness (QED) is 0.730. The van der Waals surface area contributed by atoms with Crippen LogP contribution in [0.4, 0.5) is 0 Å². The lowest BCUT2D eigenvalue weighted by Crippen LogP contribution is -2.42. The first-order valence-corrected chi connectivity index (χ1v) is 6.47. The van der Waals surface area contributed by atoms with E-state index in [2.05, 4.69) is 10.6 Å². The van der Waals surface area contributed by atoms with Crippen LogP contribution in [0.3, 0.4) is 0 Å². The van der Waals surface area contributed by atoms with Gasteiger partial charge in [0, 0.05) is 6.42 Å². The highest BCUT2D eigenvalue weighted by molar-refractivity contribution is 5.76. The van der Waals surface area contributed by atoms with Gasteiger partial charge in [0.05, 0.1) is 18.2 Å². The van der Waals surface area contributed by atoms with Gasteiger partial charge in [0.15, 0.2) is 0 Å². The molecule has 2 N–H and O–H groups in total. The Kier molecular flexibility index (Phi) is 2.86. The lowest BCUT2D eigenvalue weighted by molar-refractivity contribution is -0.123. The maximum Gasteiger partial charge on any atom is 0.220 e. The summed E-state index contributed by atoms with van der Waals surface area (Å²) in [5.74, 6) is 0.759. The molecule has 3 aliphatic rings. The zero-order chi connectivity index (χ0) is 11.0. The van der Waals surface area contributed by atoms with Crippen molar-refractivity contribution in [3.05, 3.63) is 0 Å². The van der Waals surface area contributed by atoms with Crippen LogP contribution in [0, 0.1) is 5.92 Å². The first-order valence-electron chi connectivity index (χ1n) is 6.47. The van der Waals surface area contributed by atoms with Gasteiger partial charge in [-0.2, -0.15) is 0 Å². The third-order valence-corrected chi connectivity index (χ3v) is 4.09. The Morgan fingerprint density at radius 2 is 2.31 bits per heavy atom. The van der Waals surface area contributed by atoms with Gasteiger partial charge in [0.1, 0.15) is 0 Å². The van der Waals surface area contributed by atoms with E-state index < -0.39 is 0 Å². The highest BCUT2D eigenvalue weighted by Crippen LogP contribution is 2.34. The molecule has 3 rings (SSSR count). The van der Waals surface area contributed by atoms with Crippen LogP contribution in [-0.4, -0.2) is 37.2 Å². The van der Waals surface area contributed by atoms with Gasteiger partial charge in [-0.3, -0.25) is 4.79 Å². The minimum absolute atomic E-state index is 0.217. The van der Waals surface area contributed by atoms with Crippen molar-refractivity contribution in [2.75, 3.05) is 13.1 Å². The van der Waals surface area contributed by atoms with Crippen molar-refractivity contribution in [1.29, 1.82) is 0 Å². The van der Waals surface area contributed by atoms with Gasteiger partial charge in [-0.25, -0.2) is 0 Å². The van der Waals surface area contributed by atoms with Crippen LogP contribution in [0.15, 0.2) is 0 Å². The first-order chi connectivity index (χ1) is 7.81. The highest BCUT2D eigenvalue weighted by atomic mass is 16.5. The van der Waals surface area contributed by atoms with Gasteiger partial charge in [-0.15, -0.1) is 0 Å². The Bertz CT molecular complexity index is 276. The Hall–Kier alpha value is -0.610. The monoisotopic (exact) mass is 224 g/mol. The average molecular weight is 224 g/mol. The van der Waals surface area contributed by atoms with Gasteiger partial charge in [0.25, 0.3) is 0 Å². The Labute approximate surface area is 96.1 Å². The highest BCUT2D eigenvalue weighted by Gasteiger charge is 2.41. The van der Waals surface area contributed by atoms with Crippen molar-refractivity contribution in [1.82, 2.24) is 10.6 Å². The number of hydrogen-bond acceptors (Lipinski definition) is 3. The molecule has 0 aliphatic carbocycles. The SMILES string of the molecule is O=C(CC1CCNC1)NC1CC2CCC1O2. The standard InChI is InChI=1S/C12H20N2O2/c15-12(5-8-3-4-13-7-8)14-10-6-9-1-2-11(10)16-9/h8-11,13H,1-7H2,(H,14,15). The molecule has 0 radical (unpaired) electrons. The maximum atomic E-state index is 11.8. The van der Waals surface area contributed by atoms with E-state index in [1.54, 1.807) is 0 Å². The molecule has 16 heavy (non-hydrogen) atoms. The number of nitrogens with one attached hydrogen (secondary N) is 2. The summed E-state index contributed by atoms with van der Waals surface area (Å²) >= 11 is 0. The second-order valence-corrected chi connectivity index (χ2v) is 5.35. The Morgan fingerprint density at radius 1 is 1.38 bits per heavy atom. The molecule has 3 heterocycles. The molecule has 3 fully saturated rings. The predicted octanol–water partition coefficient (Wildman–Crippen LogP) is 0.422. The molecule has 0 aromatic rings. The van der Waals surface area contributed by atoms with Crippen LogP contribution in [0.5, 0.6) is 0 Å². The van der Waals surface area contributed by atoms with Crippen molar-refractivity contribution in [3.63, 3.8) is 0 Å². The van der Waals surface area contributed by atoms with Crippen LogP contribution >= 0.6 is 0 Å². The molecule has 90 valence electrons. The summed E-state index contributed by atoms with van der Waals surface area (Å²) in [4.78, 5) is 11.8. The zero-order valence-electron chi connectivity index (χ0n) is 9.58. The number of carbonyl (C=O) groups is 1. The maximum absolute atomic E-state index is 11.8. The van der Waals surface area contributed by atoms with E-state index in [-0.39, 0.29) is 5.91 Å². The molecule has 2 bridgehead atoms. The summed E-state index contributed by atoms with van der Waals surface area (Å²) in [6.07, 6.45) is 5.88. The summed E-state index contributed by atoms with van der Waals surface area (Å²) in [7, 11) is 0. The van der Waals surface area contributed by atoms with Gasteiger partial charge in [-0.05, 0) is 44.7 Å². The first kappa shape index (κ1) is 10.5. The van der Waals surface area contributed by atoms with Crippen LogP contribution in [0.2, 0.25) is 0 Å². The van der Waals surface area contributed by atoms with Crippen molar-refractivity contribution in [3.8, 4) is 0 Å². The lowest BCUT2D eigenvalue weighted by atomic mass is 9.95. The summed E-state index contributed by atoms with van der Waals surface area (Å²) < 4.78 is 5.73. The fourth-order valence-corrected chi connectivity index (χ4v) is 3.21. The second-order valence-electron chi connectivity index (χ2n) is 5.35. The fraction of sp³-hybridized carbons (Fsp3) is 0.917. The molecule has 1 amide bonds. The Morgan fingerprint density at radius 3 is 2.94 bits per heavy atom. The van der Waals surface area contributed by atoms with Crippen molar-refractivity contribution in [2.24, 2.45) is 5.92 Å². The van der Waals surface area contributed by atoms with Crippen molar-refractivity contribution >= 4 is 5.91 Å². The molecule has 0 aromatic carbocycles. The normalized spacial score (nSPS) is 41.5. The van der Waals surface area contributed by atoms with E-state index in [9.17, 15) is 4.79 Å². The molecule has 4 unspecified atom stereocenters. The van der Waals surface area contributed by atoms with Crippen molar-refractivity contribution in [2.45, 2.75) is 50.4 Å². The average Bonchev–Trinajstić information content (AvgIpc) is 2.92. The molecule has 4 heteroatoms. The molecule has 0 aromatic heterocycles. The third-order valence-electron chi connectivity index (χ3n) is 4.09. The van der Waals surface area contributed by atoms with Crippen LogP contribution in [-0.2, 0) is 9.53 Å². The number of rotatable bonds is 3. The van der Waals surface area contributed by atoms with Gasteiger partial charge in [0.2, 0.25) is 5.91 Å². The summed E-state index contributed by atoms with van der Waals surface area (Å²) in [6, 6.07) is 0.292. The van der Waals surface area contributed by atoms with E-state index in [1.165, 1.54) is 6.42 Å². The zero-order valence-corrected chi connectivity index (χ0v) is 9.58. The van der Waals surface area contributed by atoms with Gasteiger partial charge in [-0.1, -0.05) is 0 Å². The molecular formula is C12H20N2O2. The summed E-state index contributed by atoms with van der Waals surface area (Å²) in [5, 5.41) is 6.44. The van der Waals surface area contributed by atoms with E-state index in [4.69, 9.17) is 4.74 Å².